The fraction of sp³-hybridized carbons (Fsp3) is 0.318. The van der Waals surface area contributed by atoms with E-state index in [1.807, 2.05) is 30.2 Å². The summed E-state index contributed by atoms with van der Waals surface area (Å²) in [6, 6.07) is 8.42. The SMILES string of the molecule is CN1C(=O)[C@@H]2CCCN2c2cc(NCc3cnn(Cc4ccc(F)cc4)c3)ncc21.S. The molecule has 1 atom stereocenters. The topological polar surface area (TPSA) is 66.3 Å². The van der Waals surface area contributed by atoms with E-state index in [0.29, 0.717) is 13.1 Å². The molecule has 3 aromatic rings. The smallest absolute Gasteiger partial charge is 0.249 e. The highest BCUT2D eigenvalue weighted by Crippen LogP contribution is 2.40. The summed E-state index contributed by atoms with van der Waals surface area (Å²) < 4.78 is 14.9. The first kappa shape index (κ1) is 21.2. The molecule has 31 heavy (non-hydrogen) atoms. The monoisotopic (exact) mass is 440 g/mol. The maximum atomic E-state index is 13.1. The number of carbonyl (C=O) groups is 1. The lowest BCUT2D eigenvalue weighted by Gasteiger charge is -2.37. The van der Waals surface area contributed by atoms with Crippen molar-refractivity contribution in [3.63, 3.8) is 0 Å². The fourth-order valence-corrected chi connectivity index (χ4v) is 4.23. The first-order valence-electron chi connectivity index (χ1n) is 10.1. The Bertz CT molecular complexity index is 1090. The highest BCUT2D eigenvalue weighted by molar-refractivity contribution is 7.59. The number of aromatic nitrogens is 3. The lowest BCUT2D eigenvalue weighted by Crippen LogP contribution is -2.49. The Morgan fingerprint density at radius 2 is 1.97 bits per heavy atom. The lowest BCUT2D eigenvalue weighted by molar-refractivity contribution is -0.119. The number of fused-ring (bicyclic) bond motifs is 3. The Hall–Kier alpha value is -3.07. The molecule has 1 amide bonds. The number of hydrogen-bond donors (Lipinski definition) is 1. The number of anilines is 3. The molecule has 2 aliphatic rings. The molecule has 0 bridgehead atoms. The zero-order valence-corrected chi connectivity index (χ0v) is 18.3. The molecule has 0 aliphatic carbocycles. The largest absolute Gasteiger partial charge is 0.366 e. The summed E-state index contributed by atoms with van der Waals surface area (Å²) >= 11 is 0. The number of rotatable bonds is 5. The van der Waals surface area contributed by atoms with Gasteiger partial charge in [0.15, 0.2) is 0 Å². The fourth-order valence-electron chi connectivity index (χ4n) is 4.23. The number of hydrogen-bond acceptors (Lipinski definition) is 5. The number of carbonyl (C=O) groups excluding carboxylic acids is 1. The second kappa shape index (κ2) is 8.58. The highest BCUT2D eigenvalue weighted by atomic mass is 32.1. The summed E-state index contributed by atoms with van der Waals surface area (Å²) in [5.41, 5.74) is 3.94. The van der Waals surface area contributed by atoms with Crippen LogP contribution >= 0.6 is 13.5 Å². The van der Waals surface area contributed by atoms with E-state index in [0.717, 1.165) is 47.7 Å². The van der Waals surface area contributed by atoms with Gasteiger partial charge in [-0.15, -0.1) is 0 Å². The zero-order valence-electron chi connectivity index (χ0n) is 17.3. The van der Waals surface area contributed by atoms with Crippen molar-refractivity contribution in [3.05, 3.63) is 65.9 Å². The Kier molecular flexibility index (Phi) is 5.86. The summed E-state index contributed by atoms with van der Waals surface area (Å²) in [6.45, 7) is 2.08. The van der Waals surface area contributed by atoms with Crippen LogP contribution in [0.25, 0.3) is 0 Å². The van der Waals surface area contributed by atoms with Gasteiger partial charge in [-0.1, -0.05) is 12.1 Å². The minimum absolute atomic E-state index is 0. The number of halogens is 1. The standard InChI is InChI=1S/C22H23FN6O.H2S/c1-27-20-12-25-21(9-19(20)29-8-2-3-18(29)22(27)30)24-10-16-11-26-28(14-16)13-15-4-6-17(23)7-5-15;/h4-7,9,11-12,14,18H,2-3,8,10,13H2,1H3,(H,24,25);1H2/t18-;/m0./s1. The van der Waals surface area contributed by atoms with Gasteiger partial charge in [-0.25, -0.2) is 9.37 Å². The van der Waals surface area contributed by atoms with Gasteiger partial charge < -0.3 is 15.1 Å². The van der Waals surface area contributed by atoms with E-state index < -0.39 is 0 Å². The van der Waals surface area contributed by atoms with Gasteiger partial charge in [0.2, 0.25) is 5.91 Å². The van der Waals surface area contributed by atoms with Crippen LogP contribution in [-0.4, -0.2) is 40.3 Å². The van der Waals surface area contributed by atoms with E-state index in [-0.39, 0.29) is 31.3 Å². The Balaban J connectivity index is 0.00000231. The third-order valence-electron chi connectivity index (χ3n) is 5.82. The van der Waals surface area contributed by atoms with E-state index in [1.165, 1.54) is 12.1 Å². The number of amides is 1. The minimum Gasteiger partial charge on any atom is -0.366 e. The van der Waals surface area contributed by atoms with Crippen molar-refractivity contribution in [2.45, 2.75) is 32.0 Å². The van der Waals surface area contributed by atoms with Gasteiger partial charge in [0.05, 0.1) is 30.3 Å². The van der Waals surface area contributed by atoms with Gasteiger partial charge in [0.1, 0.15) is 17.7 Å². The molecule has 9 heteroatoms. The molecule has 2 aliphatic heterocycles. The van der Waals surface area contributed by atoms with E-state index in [9.17, 15) is 9.18 Å². The van der Waals surface area contributed by atoms with Crippen molar-refractivity contribution in [1.82, 2.24) is 14.8 Å². The average Bonchev–Trinajstić information content (AvgIpc) is 3.42. The summed E-state index contributed by atoms with van der Waals surface area (Å²) in [7, 11) is 1.82. The predicted molar refractivity (Wildman–Crippen MR) is 123 cm³/mol. The third-order valence-corrected chi connectivity index (χ3v) is 5.82. The number of benzene rings is 1. The molecule has 1 fully saturated rings. The molecule has 2 aromatic heterocycles. The summed E-state index contributed by atoms with van der Waals surface area (Å²) in [4.78, 5) is 20.9. The van der Waals surface area contributed by atoms with Crippen LogP contribution in [0.1, 0.15) is 24.0 Å². The zero-order chi connectivity index (χ0) is 20.7. The molecular weight excluding hydrogens is 415 g/mol. The first-order chi connectivity index (χ1) is 14.6. The van der Waals surface area contributed by atoms with Crippen LogP contribution in [0.5, 0.6) is 0 Å². The predicted octanol–water partition coefficient (Wildman–Crippen LogP) is 3.14. The number of pyridine rings is 1. The molecule has 7 nitrogen and oxygen atoms in total. The Morgan fingerprint density at radius 3 is 2.77 bits per heavy atom. The Labute approximate surface area is 187 Å². The molecule has 1 saturated heterocycles. The number of likely N-dealkylation sites (N-methyl/N-ethyl adjacent to an activating group) is 1. The van der Waals surface area contributed by atoms with Crippen LogP contribution < -0.4 is 15.1 Å². The van der Waals surface area contributed by atoms with Gasteiger partial charge >= 0.3 is 0 Å². The van der Waals surface area contributed by atoms with E-state index >= 15 is 0 Å². The van der Waals surface area contributed by atoms with Gasteiger partial charge in [-0.2, -0.15) is 18.6 Å². The van der Waals surface area contributed by atoms with Gasteiger partial charge in [0.25, 0.3) is 0 Å². The molecule has 4 heterocycles. The minimum atomic E-state index is -0.238. The van der Waals surface area contributed by atoms with Crippen molar-refractivity contribution in [2.24, 2.45) is 0 Å². The van der Waals surface area contributed by atoms with Crippen LogP contribution in [0.15, 0.2) is 48.9 Å². The molecule has 5 rings (SSSR count). The summed E-state index contributed by atoms with van der Waals surface area (Å²) in [5.74, 6) is 0.682. The molecule has 162 valence electrons. The highest BCUT2D eigenvalue weighted by Gasteiger charge is 2.39. The maximum Gasteiger partial charge on any atom is 0.249 e. The van der Waals surface area contributed by atoms with Crippen molar-refractivity contribution in [3.8, 4) is 0 Å². The maximum absolute atomic E-state index is 13.1. The van der Waals surface area contributed by atoms with E-state index in [4.69, 9.17) is 0 Å². The van der Waals surface area contributed by atoms with Gasteiger partial charge in [0, 0.05) is 38.0 Å². The quantitative estimate of drug-likeness (QED) is 0.660. The van der Waals surface area contributed by atoms with Crippen LogP contribution in [0.4, 0.5) is 21.6 Å². The van der Waals surface area contributed by atoms with Gasteiger partial charge in [-0.3, -0.25) is 9.48 Å². The summed E-state index contributed by atoms with van der Waals surface area (Å²) in [5, 5.41) is 7.75. The second-order valence-electron chi connectivity index (χ2n) is 7.83. The molecule has 0 radical (unpaired) electrons. The molecular formula is C22H25FN6OS. The van der Waals surface area contributed by atoms with Crippen LogP contribution in [0, 0.1) is 5.82 Å². The van der Waals surface area contributed by atoms with E-state index in [1.54, 1.807) is 23.2 Å². The third kappa shape index (κ3) is 4.10. The lowest BCUT2D eigenvalue weighted by atomic mass is 10.1. The normalized spacial score (nSPS) is 17.2. The molecule has 1 N–H and O–H groups in total. The van der Waals surface area contributed by atoms with Gasteiger partial charge in [-0.05, 0) is 30.5 Å². The number of nitrogens with one attached hydrogen (secondary N) is 1. The van der Waals surface area contributed by atoms with Crippen LogP contribution in [-0.2, 0) is 17.9 Å². The Morgan fingerprint density at radius 1 is 1.16 bits per heavy atom. The molecule has 0 saturated carbocycles. The van der Waals surface area contributed by atoms with Crippen molar-refractivity contribution < 1.29 is 9.18 Å². The molecule has 1 aromatic carbocycles. The van der Waals surface area contributed by atoms with Crippen molar-refractivity contribution in [2.75, 3.05) is 28.7 Å². The van der Waals surface area contributed by atoms with Crippen molar-refractivity contribution >= 4 is 36.6 Å². The number of nitrogens with zero attached hydrogens (tertiary/aromatic N) is 5. The van der Waals surface area contributed by atoms with Crippen LogP contribution in [0.2, 0.25) is 0 Å². The first-order valence-corrected chi connectivity index (χ1v) is 10.1. The van der Waals surface area contributed by atoms with E-state index in [2.05, 4.69) is 20.3 Å². The second-order valence-corrected chi connectivity index (χ2v) is 7.83. The average molecular weight is 441 g/mol. The van der Waals surface area contributed by atoms with Crippen LogP contribution in [0.3, 0.4) is 0 Å². The van der Waals surface area contributed by atoms with Crippen molar-refractivity contribution in [1.29, 1.82) is 0 Å². The molecule has 0 spiro atoms. The molecule has 0 unspecified atom stereocenters. The summed E-state index contributed by atoms with van der Waals surface area (Å²) in [6.07, 6.45) is 7.49.